The van der Waals surface area contributed by atoms with Crippen molar-refractivity contribution in [2.75, 3.05) is 7.11 Å². The van der Waals surface area contributed by atoms with E-state index in [-0.39, 0.29) is 10.8 Å². The molecule has 1 amide bonds. The molecule has 0 aliphatic carbocycles. The van der Waals surface area contributed by atoms with E-state index >= 15 is 0 Å². The topological polar surface area (TPSA) is 121 Å². The van der Waals surface area contributed by atoms with E-state index in [1.165, 1.54) is 23.5 Å². The van der Waals surface area contributed by atoms with E-state index in [0.29, 0.717) is 18.6 Å². The highest BCUT2D eigenvalue weighted by Crippen LogP contribution is 2.28. The number of aromatic nitrogens is 1. The van der Waals surface area contributed by atoms with Crippen LogP contribution < -0.4 is 16.0 Å². The Balaban J connectivity index is 1.64. The van der Waals surface area contributed by atoms with Crippen LogP contribution in [0.15, 0.2) is 89.1 Å². The van der Waals surface area contributed by atoms with Gasteiger partial charge in [0.05, 0.1) is 29.7 Å². The summed E-state index contributed by atoms with van der Waals surface area (Å²) in [6.45, 7) is 2.03. The molecule has 0 unspecified atom stereocenters. The van der Waals surface area contributed by atoms with Crippen molar-refractivity contribution >= 4 is 27.4 Å². The Kier molecular flexibility index (Phi) is 9.47. The SMILES string of the molecule is CCc1csc([C@H](Cc2ccc(S(=O)(=O)ON)cc2)NC(=O)[C@@H](Cc2ccccc2)c2cccc(OC)c2)n1. The van der Waals surface area contributed by atoms with Crippen LogP contribution in [0.1, 0.15) is 46.3 Å². The number of methoxy groups -OCH3 is 1. The third kappa shape index (κ3) is 7.30. The zero-order chi connectivity index (χ0) is 27.8. The number of nitrogens with two attached hydrogens (primary N) is 1. The van der Waals surface area contributed by atoms with Crippen LogP contribution in [0.2, 0.25) is 0 Å². The van der Waals surface area contributed by atoms with Gasteiger partial charge < -0.3 is 10.1 Å². The fraction of sp³-hybridized carbons (Fsp3) is 0.241. The largest absolute Gasteiger partial charge is 0.497 e. The zero-order valence-electron chi connectivity index (χ0n) is 21.7. The van der Waals surface area contributed by atoms with Gasteiger partial charge in [0.15, 0.2) is 0 Å². The minimum Gasteiger partial charge on any atom is -0.497 e. The van der Waals surface area contributed by atoms with Crippen molar-refractivity contribution in [1.82, 2.24) is 10.3 Å². The normalized spacial score (nSPS) is 13.0. The van der Waals surface area contributed by atoms with Gasteiger partial charge in [-0.25, -0.2) is 4.98 Å². The molecule has 3 N–H and O–H groups in total. The van der Waals surface area contributed by atoms with Crippen LogP contribution in [-0.2, 0) is 38.5 Å². The second-order valence-corrected chi connectivity index (χ2v) is 11.5. The van der Waals surface area contributed by atoms with Gasteiger partial charge in [0.2, 0.25) is 5.91 Å². The molecule has 0 spiro atoms. The van der Waals surface area contributed by atoms with Crippen LogP contribution in [0.3, 0.4) is 0 Å². The van der Waals surface area contributed by atoms with Crippen molar-refractivity contribution in [3.8, 4) is 5.75 Å². The molecule has 0 saturated carbocycles. The minimum absolute atomic E-state index is 0.0437. The molecule has 4 rings (SSSR count). The third-order valence-electron chi connectivity index (χ3n) is 6.42. The number of amides is 1. The molecule has 10 heteroatoms. The maximum Gasteiger partial charge on any atom is 0.312 e. The Morgan fingerprint density at radius 2 is 1.72 bits per heavy atom. The van der Waals surface area contributed by atoms with Gasteiger partial charge in [-0.1, -0.05) is 61.5 Å². The molecule has 3 aromatic carbocycles. The highest BCUT2D eigenvalue weighted by atomic mass is 32.2. The monoisotopic (exact) mass is 565 g/mol. The first-order valence-corrected chi connectivity index (χ1v) is 14.8. The smallest absolute Gasteiger partial charge is 0.312 e. The van der Waals surface area contributed by atoms with E-state index in [0.717, 1.165) is 33.8 Å². The number of aryl methyl sites for hydroxylation is 1. The molecule has 0 fully saturated rings. The Bertz CT molecular complexity index is 1490. The standard InChI is InChI=1S/C29H31N3O5S2/c1-3-23-19-38-29(31-23)27(17-21-12-14-25(15-13-21)39(34,35)37-30)32-28(33)26(16-20-8-5-4-6-9-20)22-10-7-11-24(18-22)36-2/h4-15,18-19,26-27H,3,16-17,30H2,1-2H3,(H,32,33)/t26-,27-/m0/s1. The molecule has 8 nitrogen and oxygen atoms in total. The summed E-state index contributed by atoms with van der Waals surface area (Å²) in [7, 11) is -2.40. The number of rotatable bonds is 12. The average molecular weight is 566 g/mol. The zero-order valence-corrected chi connectivity index (χ0v) is 23.4. The minimum atomic E-state index is -4.00. The van der Waals surface area contributed by atoms with Gasteiger partial charge in [0.25, 0.3) is 0 Å². The van der Waals surface area contributed by atoms with Crippen molar-refractivity contribution in [2.24, 2.45) is 5.90 Å². The first kappa shape index (κ1) is 28.4. The summed E-state index contributed by atoms with van der Waals surface area (Å²) in [5, 5.41) is 6.01. The lowest BCUT2D eigenvalue weighted by molar-refractivity contribution is -0.123. The van der Waals surface area contributed by atoms with Gasteiger partial charge in [0, 0.05) is 5.38 Å². The van der Waals surface area contributed by atoms with Crippen molar-refractivity contribution in [3.05, 3.63) is 112 Å². The van der Waals surface area contributed by atoms with Crippen molar-refractivity contribution in [3.63, 3.8) is 0 Å². The number of hydrogen-bond acceptors (Lipinski definition) is 8. The fourth-order valence-corrected chi connectivity index (χ4v) is 5.80. The first-order valence-electron chi connectivity index (χ1n) is 12.5. The molecule has 204 valence electrons. The number of nitrogens with zero attached hydrogens (tertiary/aromatic N) is 1. The van der Waals surface area contributed by atoms with Crippen molar-refractivity contribution < 1.29 is 22.2 Å². The number of benzene rings is 3. The molecule has 2 atom stereocenters. The quantitative estimate of drug-likeness (QED) is 0.239. The summed E-state index contributed by atoms with van der Waals surface area (Å²) in [5.41, 5.74) is 3.66. The number of thiazole rings is 1. The molecule has 1 aromatic heterocycles. The Morgan fingerprint density at radius 3 is 2.36 bits per heavy atom. The third-order valence-corrected chi connectivity index (χ3v) is 8.53. The molecular formula is C29H31N3O5S2. The number of carbonyl (C=O) groups is 1. The number of ether oxygens (including phenoxy) is 1. The highest BCUT2D eigenvalue weighted by molar-refractivity contribution is 7.86. The number of hydrogen-bond donors (Lipinski definition) is 2. The predicted molar refractivity (Wildman–Crippen MR) is 151 cm³/mol. The van der Waals surface area contributed by atoms with Gasteiger partial charge in [-0.2, -0.15) is 18.6 Å². The van der Waals surface area contributed by atoms with E-state index in [1.807, 2.05) is 66.9 Å². The molecular weight excluding hydrogens is 534 g/mol. The van der Waals surface area contributed by atoms with Gasteiger partial charge >= 0.3 is 10.1 Å². The van der Waals surface area contributed by atoms with Crippen LogP contribution in [-0.4, -0.2) is 26.4 Å². The number of carbonyl (C=O) groups excluding carboxylic acids is 1. The van der Waals surface area contributed by atoms with Crippen LogP contribution in [0, 0.1) is 0 Å². The summed E-state index contributed by atoms with van der Waals surface area (Å²) < 4.78 is 33.4. The Morgan fingerprint density at radius 1 is 1.00 bits per heavy atom. The van der Waals surface area contributed by atoms with E-state index in [9.17, 15) is 13.2 Å². The lowest BCUT2D eigenvalue weighted by atomic mass is 9.90. The second-order valence-electron chi connectivity index (χ2n) is 9.01. The van der Waals surface area contributed by atoms with Gasteiger partial charge in [0.1, 0.15) is 10.8 Å². The van der Waals surface area contributed by atoms with Gasteiger partial charge in [-0.15, -0.1) is 11.3 Å². The summed E-state index contributed by atoms with van der Waals surface area (Å²) in [6, 6.07) is 23.3. The fourth-order valence-electron chi connectivity index (χ4n) is 4.27. The lowest BCUT2D eigenvalue weighted by Gasteiger charge is -2.23. The summed E-state index contributed by atoms with van der Waals surface area (Å²) >= 11 is 1.49. The van der Waals surface area contributed by atoms with Crippen molar-refractivity contribution in [2.45, 2.75) is 43.0 Å². The van der Waals surface area contributed by atoms with Crippen LogP contribution in [0.4, 0.5) is 0 Å². The van der Waals surface area contributed by atoms with E-state index in [4.69, 9.17) is 15.6 Å². The van der Waals surface area contributed by atoms with Gasteiger partial charge in [-0.3, -0.25) is 4.79 Å². The lowest BCUT2D eigenvalue weighted by Crippen LogP contribution is -2.35. The molecule has 0 aliphatic rings. The second kappa shape index (κ2) is 13.0. The summed E-state index contributed by atoms with van der Waals surface area (Å²) in [5.74, 6) is 4.98. The van der Waals surface area contributed by atoms with Gasteiger partial charge in [-0.05, 0) is 60.2 Å². The maximum absolute atomic E-state index is 13.9. The average Bonchev–Trinajstić information content (AvgIpc) is 3.46. The maximum atomic E-state index is 13.9. The van der Waals surface area contributed by atoms with E-state index < -0.39 is 22.1 Å². The molecule has 39 heavy (non-hydrogen) atoms. The van der Waals surface area contributed by atoms with E-state index in [2.05, 4.69) is 9.60 Å². The molecule has 0 saturated heterocycles. The molecule has 4 aromatic rings. The molecule has 0 radical (unpaired) electrons. The van der Waals surface area contributed by atoms with Crippen molar-refractivity contribution in [1.29, 1.82) is 0 Å². The molecule has 0 bridgehead atoms. The number of nitrogens with one attached hydrogen (secondary N) is 1. The summed E-state index contributed by atoms with van der Waals surface area (Å²) in [6.07, 6.45) is 1.71. The molecule has 0 aliphatic heterocycles. The Labute approximate surface area is 232 Å². The summed E-state index contributed by atoms with van der Waals surface area (Å²) in [4.78, 5) is 18.6. The van der Waals surface area contributed by atoms with E-state index in [1.54, 1.807) is 19.2 Å². The van der Waals surface area contributed by atoms with Crippen LogP contribution in [0.5, 0.6) is 5.75 Å². The molecule has 1 heterocycles. The predicted octanol–water partition coefficient (Wildman–Crippen LogP) is 4.72. The Hall–Kier alpha value is -3.57. The first-order chi connectivity index (χ1) is 18.8. The van der Waals surface area contributed by atoms with Crippen LogP contribution >= 0.6 is 11.3 Å². The highest BCUT2D eigenvalue weighted by Gasteiger charge is 2.27. The van der Waals surface area contributed by atoms with Crippen LogP contribution in [0.25, 0.3) is 0 Å².